The van der Waals surface area contributed by atoms with Crippen LogP contribution in [-0.4, -0.2) is 5.78 Å². The molecular formula is C18H16ClFO. The molecule has 3 heteroatoms. The number of hydrogen-bond acceptors (Lipinski definition) is 1. The highest BCUT2D eigenvalue weighted by atomic mass is 35.5. The quantitative estimate of drug-likeness (QED) is 0.802. The average molecular weight is 303 g/mol. The maximum atomic E-state index is 13.5. The van der Waals surface area contributed by atoms with E-state index in [2.05, 4.69) is 6.07 Å². The van der Waals surface area contributed by atoms with E-state index in [4.69, 9.17) is 11.6 Å². The predicted octanol–water partition coefficient (Wildman–Crippen LogP) is 4.71. The molecule has 0 N–H and O–H groups in total. The van der Waals surface area contributed by atoms with Gasteiger partial charge in [0, 0.05) is 12.3 Å². The molecular weight excluding hydrogens is 287 g/mol. The summed E-state index contributed by atoms with van der Waals surface area (Å²) in [4.78, 5) is 12.6. The summed E-state index contributed by atoms with van der Waals surface area (Å²) in [6.07, 6.45) is 3.21. The maximum absolute atomic E-state index is 13.5. The lowest BCUT2D eigenvalue weighted by molar-refractivity contribution is -0.120. The number of aryl methyl sites for hydroxylation is 1. The molecule has 1 nitrogen and oxygen atoms in total. The molecule has 0 fully saturated rings. The Balaban J connectivity index is 1.81. The van der Waals surface area contributed by atoms with E-state index in [1.54, 1.807) is 6.07 Å². The molecule has 0 bridgehead atoms. The lowest BCUT2D eigenvalue weighted by Crippen LogP contribution is -2.20. The van der Waals surface area contributed by atoms with Gasteiger partial charge in [-0.3, -0.25) is 4.79 Å². The topological polar surface area (TPSA) is 17.1 Å². The third kappa shape index (κ3) is 3.01. The molecule has 108 valence electrons. The monoisotopic (exact) mass is 302 g/mol. The first kappa shape index (κ1) is 14.3. The van der Waals surface area contributed by atoms with Gasteiger partial charge in [-0.25, -0.2) is 4.39 Å². The minimum atomic E-state index is -0.467. The van der Waals surface area contributed by atoms with Gasteiger partial charge in [-0.2, -0.15) is 0 Å². The van der Waals surface area contributed by atoms with Gasteiger partial charge in [0.2, 0.25) is 0 Å². The molecule has 0 spiro atoms. The standard InChI is InChI=1S/C18H16ClFO/c19-16-9-8-12(10-17(16)20)11-18(21)15-7-3-5-13-4-1-2-6-14(13)15/h1-2,4,6,8-10,15H,3,5,7,11H2. The minimum absolute atomic E-state index is 0.0614. The summed E-state index contributed by atoms with van der Waals surface area (Å²) in [5.74, 6) is -0.372. The molecule has 1 aliphatic rings. The smallest absolute Gasteiger partial charge is 0.144 e. The van der Waals surface area contributed by atoms with Crippen molar-refractivity contribution in [2.75, 3.05) is 0 Å². The molecule has 0 amide bonds. The molecule has 2 aromatic rings. The minimum Gasteiger partial charge on any atom is -0.299 e. The molecule has 0 heterocycles. The maximum Gasteiger partial charge on any atom is 0.144 e. The van der Waals surface area contributed by atoms with Crippen molar-refractivity contribution in [2.45, 2.75) is 31.6 Å². The Bertz CT molecular complexity index is 681. The van der Waals surface area contributed by atoms with E-state index in [-0.39, 0.29) is 23.1 Å². The molecule has 3 rings (SSSR count). The van der Waals surface area contributed by atoms with E-state index in [9.17, 15) is 9.18 Å². The number of fused-ring (bicyclic) bond motifs is 1. The zero-order valence-corrected chi connectivity index (χ0v) is 12.4. The normalized spacial score (nSPS) is 17.3. The zero-order chi connectivity index (χ0) is 14.8. The van der Waals surface area contributed by atoms with Crippen molar-refractivity contribution in [2.24, 2.45) is 0 Å². The van der Waals surface area contributed by atoms with Crippen LogP contribution in [0.4, 0.5) is 4.39 Å². The Labute approximate surface area is 128 Å². The van der Waals surface area contributed by atoms with Gasteiger partial charge in [0.1, 0.15) is 11.6 Å². The van der Waals surface area contributed by atoms with Crippen LogP contribution in [0.1, 0.15) is 35.4 Å². The van der Waals surface area contributed by atoms with E-state index in [0.717, 1.165) is 24.8 Å². The number of ketones is 1. The fourth-order valence-electron chi connectivity index (χ4n) is 3.06. The van der Waals surface area contributed by atoms with Crippen LogP contribution in [0.15, 0.2) is 42.5 Å². The van der Waals surface area contributed by atoms with Gasteiger partial charge >= 0.3 is 0 Å². The summed E-state index contributed by atoms with van der Waals surface area (Å²) in [6.45, 7) is 0. The van der Waals surface area contributed by atoms with Gasteiger partial charge in [0.25, 0.3) is 0 Å². The van der Waals surface area contributed by atoms with Crippen molar-refractivity contribution in [1.82, 2.24) is 0 Å². The van der Waals surface area contributed by atoms with Crippen molar-refractivity contribution in [3.8, 4) is 0 Å². The third-order valence-electron chi connectivity index (χ3n) is 4.12. The Kier molecular flexibility index (Phi) is 4.07. The first-order valence-electron chi connectivity index (χ1n) is 7.19. The van der Waals surface area contributed by atoms with Crippen LogP contribution in [0.3, 0.4) is 0 Å². The van der Waals surface area contributed by atoms with Crippen LogP contribution in [-0.2, 0) is 17.6 Å². The largest absolute Gasteiger partial charge is 0.299 e. The van der Waals surface area contributed by atoms with E-state index in [0.29, 0.717) is 5.56 Å². The fraction of sp³-hybridized carbons (Fsp3) is 0.278. The van der Waals surface area contributed by atoms with Crippen molar-refractivity contribution >= 4 is 17.4 Å². The van der Waals surface area contributed by atoms with Crippen molar-refractivity contribution in [1.29, 1.82) is 0 Å². The summed E-state index contributed by atoms with van der Waals surface area (Å²) in [5.41, 5.74) is 3.09. The highest BCUT2D eigenvalue weighted by Crippen LogP contribution is 2.33. The summed E-state index contributed by atoms with van der Waals surface area (Å²) in [6, 6.07) is 12.7. The Morgan fingerprint density at radius 2 is 2.05 bits per heavy atom. The number of benzene rings is 2. The average Bonchev–Trinajstić information content (AvgIpc) is 2.50. The Morgan fingerprint density at radius 3 is 2.86 bits per heavy atom. The molecule has 21 heavy (non-hydrogen) atoms. The second-order valence-corrected chi connectivity index (χ2v) is 5.94. The van der Waals surface area contributed by atoms with E-state index in [1.807, 2.05) is 18.2 Å². The number of rotatable bonds is 3. The van der Waals surface area contributed by atoms with Gasteiger partial charge in [0.05, 0.1) is 5.02 Å². The first-order valence-corrected chi connectivity index (χ1v) is 7.57. The molecule has 0 aromatic heterocycles. The van der Waals surface area contributed by atoms with Crippen LogP contribution in [0.25, 0.3) is 0 Å². The third-order valence-corrected chi connectivity index (χ3v) is 4.43. The molecule has 1 atom stereocenters. The molecule has 1 unspecified atom stereocenters. The molecule has 0 radical (unpaired) electrons. The predicted molar refractivity (Wildman–Crippen MR) is 82.2 cm³/mol. The summed E-state index contributed by atoms with van der Waals surface area (Å²) < 4.78 is 13.5. The molecule has 0 saturated carbocycles. The fourth-order valence-corrected chi connectivity index (χ4v) is 3.18. The number of carbonyl (C=O) groups excluding carboxylic acids is 1. The van der Waals surface area contributed by atoms with Gasteiger partial charge in [-0.15, -0.1) is 0 Å². The van der Waals surface area contributed by atoms with E-state index in [1.165, 1.54) is 17.7 Å². The molecule has 0 saturated heterocycles. The van der Waals surface area contributed by atoms with Gasteiger partial charge in [-0.05, 0) is 48.1 Å². The van der Waals surface area contributed by atoms with E-state index < -0.39 is 5.82 Å². The Morgan fingerprint density at radius 1 is 1.24 bits per heavy atom. The summed E-state index contributed by atoms with van der Waals surface area (Å²) in [5, 5.41) is 0.0919. The van der Waals surface area contributed by atoms with Crippen molar-refractivity contribution < 1.29 is 9.18 Å². The number of hydrogen-bond donors (Lipinski definition) is 0. The summed E-state index contributed by atoms with van der Waals surface area (Å²) in [7, 11) is 0. The van der Waals surface area contributed by atoms with Crippen LogP contribution in [0, 0.1) is 5.82 Å². The van der Waals surface area contributed by atoms with Gasteiger partial charge in [-0.1, -0.05) is 41.9 Å². The lowest BCUT2D eigenvalue weighted by atomic mass is 9.79. The number of carbonyl (C=O) groups is 1. The Hall–Kier alpha value is -1.67. The lowest BCUT2D eigenvalue weighted by Gasteiger charge is -2.24. The van der Waals surface area contributed by atoms with Crippen molar-refractivity contribution in [3.05, 3.63) is 70.0 Å². The second kappa shape index (κ2) is 5.98. The molecule has 1 aliphatic carbocycles. The second-order valence-electron chi connectivity index (χ2n) is 5.54. The zero-order valence-electron chi connectivity index (χ0n) is 11.6. The molecule has 2 aromatic carbocycles. The number of Topliss-reactive ketones (excluding diaryl/α,β-unsaturated/α-hetero) is 1. The first-order chi connectivity index (χ1) is 10.1. The highest BCUT2D eigenvalue weighted by molar-refractivity contribution is 6.30. The van der Waals surface area contributed by atoms with Crippen LogP contribution in [0.2, 0.25) is 5.02 Å². The van der Waals surface area contributed by atoms with Crippen LogP contribution < -0.4 is 0 Å². The SMILES string of the molecule is O=C(Cc1ccc(Cl)c(F)c1)C1CCCc2ccccc21. The highest BCUT2D eigenvalue weighted by Gasteiger charge is 2.26. The molecule has 0 aliphatic heterocycles. The van der Waals surface area contributed by atoms with Gasteiger partial charge < -0.3 is 0 Å². The number of halogens is 2. The van der Waals surface area contributed by atoms with Crippen LogP contribution >= 0.6 is 11.6 Å². The van der Waals surface area contributed by atoms with Gasteiger partial charge in [0.15, 0.2) is 0 Å². The summed E-state index contributed by atoms with van der Waals surface area (Å²) >= 11 is 5.67. The van der Waals surface area contributed by atoms with Crippen molar-refractivity contribution in [3.63, 3.8) is 0 Å². The van der Waals surface area contributed by atoms with Crippen LogP contribution in [0.5, 0.6) is 0 Å². The van der Waals surface area contributed by atoms with E-state index >= 15 is 0 Å².